The zero-order valence-corrected chi connectivity index (χ0v) is 38.7. The highest BCUT2D eigenvalue weighted by Gasteiger charge is 2.37. The highest BCUT2D eigenvalue weighted by molar-refractivity contribution is 6.11. The summed E-state index contributed by atoms with van der Waals surface area (Å²) in [6, 6.07) is 82.5. The second-order valence-electron chi connectivity index (χ2n) is 19.7. The summed E-state index contributed by atoms with van der Waals surface area (Å²) in [5.41, 5.74) is 24.9. The van der Waals surface area contributed by atoms with Gasteiger partial charge in [0.05, 0.1) is 0 Å². The SMILES string of the molecule is CC1(C)c2ccccc2-c2ccc(-c3ccc(N(c4ccc(-c5ccccc5)cc4)c4ccc(-c5ccc6c(c5)C(C)(C)c5ccccc5-6)c(-c5cccc6c5oc5ccccc56)c4)cc3)cc21. The predicted molar refractivity (Wildman–Crippen MR) is 285 cm³/mol. The molecule has 1 aromatic heterocycles. The fourth-order valence-electron chi connectivity index (χ4n) is 11.5. The summed E-state index contributed by atoms with van der Waals surface area (Å²) >= 11 is 0. The van der Waals surface area contributed by atoms with Gasteiger partial charge in [-0.05, 0) is 138 Å². The topological polar surface area (TPSA) is 16.4 Å². The molecule has 0 unspecified atom stereocenters. The van der Waals surface area contributed by atoms with Crippen molar-refractivity contribution in [3.63, 3.8) is 0 Å². The molecule has 0 saturated carbocycles. The normalized spacial score (nSPS) is 13.8. The smallest absolute Gasteiger partial charge is 0.143 e. The van der Waals surface area contributed by atoms with E-state index < -0.39 is 0 Å². The van der Waals surface area contributed by atoms with Crippen molar-refractivity contribution in [2.24, 2.45) is 0 Å². The molecular formula is C66H49NO. The molecule has 0 amide bonds. The Morgan fingerprint density at radius 3 is 1.41 bits per heavy atom. The molecule has 2 nitrogen and oxygen atoms in total. The Morgan fingerprint density at radius 1 is 0.294 bits per heavy atom. The largest absolute Gasteiger partial charge is 0.455 e. The van der Waals surface area contributed by atoms with Gasteiger partial charge in [0.2, 0.25) is 0 Å². The van der Waals surface area contributed by atoms with Crippen LogP contribution < -0.4 is 4.90 Å². The summed E-state index contributed by atoms with van der Waals surface area (Å²) in [6.07, 6.45) is 0. The minimum atomic E-state index is -0.128. The molecule has 0 aliphatic heterocycles. The number of rotatable bonds is 7. The highest BCUT2D eigenvalue weighted by atomic mass is 16.3. The van der Waals surface area contributed by atoms with Crippen LogP contribution in [0.1, 0.15) is 49.9 Å². The van der Waals surface area contributed by atoms with Crippen molar-refractivity contribution < 1.29 is 4.42 Å². The number of nitrogens with zero attached hydrogens (tertiary/aromatic N) is 1. The average molecular weight is 872 g/mol. The van der Waals surface area contributed by atoms with Crippen molar-refractivity contribution in [1.29, 1.82) is 0 Å². The third-order valence-corrected chi connectivity index (χ3v) is 15.1. The van der Waals surface area contributed by atoms with E-state index >= 15 is 0 Å². The first-order chi connectivity index (χ1) is 33.2. The van der Waals surface area contributed by atoms with E-state index in [0.29, 0.717) is 0 Å². The van der Waals surface area contributed by atoms with Crippen LogP contribution in [0.15, 0.2) is 229 Å². The van der Waals surface area contributed by atoms with Gasteiger partial charge >= 0.3 is 0 Å². The minimum Gasteiger partial charge on any atom is -0.455 e. The van der Waals surface area contributed by atoms with Crippen LogP contribution in [0, 0.1) is 0 Å². The zero-order chi connectivity index (χ0) is 45.7. The molecule has 2 aliphatic rings. The van der Waals surface area contributed by atoms with Crippen molar-refractivity contribution in [3.05, 3.63) is 247 Å². The van der Waals surface area contributed by atoms with E-state index in [0.717, 1.165) is 55.7 Å². The summed E-state index contributed by atoms with van der Waals surface area (Å²) in [4.78, 5) is 2.40. The monoisotopic (exact) mass is 871 g/mol. The molecule has 11 aromatic rings. The molecule has 10 aromatic carbocycles. The van der Waals surface area contributed by atoms with Gasteiger partial charge in [-0.2, -0.15) is 0 Å². The fraction of sp³-hybridized carbons (Fsp3) is 0.0909. The molecule has 0 bridgehead atoms. The van der Waals surface area contributed by atoms with Crippen molar-refractivity contribution in [2.45, 2.75) is 38.5 Å². The van der Waals surface area contributed by atoms with Gasteiger partial charge in [0.15, 0.2) is 0 Å². The van der Waals surface area contributed by atoms with Gasteiger partial charge in [-0.3, -0.25) is 0 Å². The quantitative estimate of drug-likeness (QED) is 0.159. The summed E-state index contributed by atoms with van der Waals surface area (Å²) in [5.74, 6) is 0. The van der Waals surface area contributed by atoms with E-state index in [9.17, 15) is 0 Å². The zero-order valence-electron chi connectivity index (χ0n) is 38.7. The van der Waals surface area contributed by atoms with E-state index in [4.69, 9.17) is 4.42 Å². The Bertz CT molecular complexity index is 3780. The number of para-hydroxylation sites is 2. The van der Waals surface area contributed by atoms with Gasteiger partial charge in [0, 0.05) is 44.2 Å². The number of furan rings is 1. The first kappa shape index (κ1) is 40.1. The molecule has 68 heavy (non-hydrogen) atoms. The third kappa shape index (κ3) is 6.17. The molecule has 0 fully saturated rings. The number of anilines is 3. The van der Waals surface area contributed by atoms with Gasteiger partial charge in [0.1, 0.15) is 11.2 Å². The van der Waals surface area contributed by atoms with Crippen LogP contribution in [-0.2, 0) is 10.8 Å². The summed E-state index contributed by atoms with van der Waals surface area (Å²) in [5, 5.41) is 2.23. The maximum atomic E-state index is 6.80. The number of hydrogen-bond acceptors (Lipinski definition) is 2. The Hall–Kier alpha value is -8.20. The first-order valence-electron chi connectivity index (χ1n) is 23.8. The number of hydrogen-bond donors (Lipinski definition) is 0. The highest BCUT2D eigenvalue weighted by Crippen LogP contribution is 2.52. The Morgan fingerprint density at radius 2 is 0.750 bits per heavy atom. The molecule has 2 heteroatoms. The number of fused-ring (bicyclic) bond motifs is 9. The van der Waals surface area contributed by atoms with E-state index in [-0.39, 0.29) is 10.8 Å². The Labute approximate surface area is 398 Å². The summed E-state index contributed by atoms with van der Waals surface area (Å²) in [7, 11) is 0. The van der Waals surface area contributed by atoms with Crippen LogP contribution in [0.3, 0.4) is 0 Å². The van der Waals surface area contributed by atoms with Gasteiger partial charge in [-0.25, -0.2) is 0 Å². The van der Waals surface area contributed by atoms with Crippen molar-refractivity contribution in [3.8, 4) is 66.8 Å². The van der Waals surface area contributed by atoms with Gasteiger partial charge in [0.25, 0.3) is 0 Å². The molecule has 0 atom stereocenters. The Balaban J connectivity index is 0.979. The van der Waals surface area contributed by atoms with Crippen LogP contribution in [-0.4, -0.2) is 0 Å². The average Bonchev–Trinajstić information content (AvgIpc) is 3.96. The van der Waals surface area contributed by atoms with Crippen molar-refractivity contribution in [2.75, 3.05) is 4.90 Å². The molecule has 0 radical (unpaired) electrons. The van der Waals surface area contributed by atoms with Crippen LogP contribution in [0.4, 0.5) is 17.1 Å². The van der Waals surface area contributed by atoms with E-state index in [1.165, 1.54) is 72.3 Å². The van der Waals surface area contributed by atoms with Crippen LogP contribution in [0.25, 0.3) is 88.7 Å². The summed E-state index contributed by atoms with van der Waals surface area (Å²) in [6.45, 7) is 9.42. The number of benzene rings is 10. The predicted octanol–water partition coefficient (Wildman–Crippen LogP) is 18.3. The molecule has 0 spiro atoms. The van der Waals surface area contributed by atoms with Crippen molar-refractivity contribution >= 4 is 39.0 Å². The second kappa shape index (κ2) is 15.2. The molecule has 0 N–H and O–H groups in total. The lowest BCUT2D eigenvalue weighted by molar-refractivity contribution is 0.660. The lowest BCUT2D eigenvalue weighted by atomic mass is 9.81. The van der Waals surface area contributed by atoms with Gasteiger partial charge in [-0.1, -0.05) is 198 Å². The lowest BCUT2D eigenvalue weighted by Gasteiger charge is -2.27. The maximum absolute atomic E-state index is 6.80. The minimum absolute atomic E-state index is 0.0673. The van der Waals surface area contributed by atoms with Crippen molar-refractivity contribution in [1.82, 2.24) is 0 Å². The van der Waals surface area contributed by atoms with E-state index in [1.54, 1.807) is 0 Å². The Kier molecular flexibility index (Phi) is 8.95. The molecule has 1 heterocycles. The van der Waals surface area contributed by atoms with Crippen LogP contribution in [0.2, 0.25) is 0 Å². The third-order valence-electron chi connectivity index (χ3n) is 15.1. The van der Waals surface area contributed by atoms with E-state index in [1.807, 2.05) is 0 Å². The molecule has 2 aliphatic carbocycles. The van der Waals surface area contributed by atoms with Gasteiger partial charge < -0.3 is 9.32 Å². The van der Waals surface area contributed by atoms with Crippen LogP contribution >= 0.6 is 0 Å². The van der Waals surface area contributed by atoms with E-state index in [2.05, 4.69) is 257 Å². The fourth-order valence-corrected chi connectivity index (χ4v) is 11.5. The molecule has 13 rings (SSSR count). The van der Waals surface area contributed by atoms with Gasteiger partial charge in [-0.15, -0.1) is 0 Å². The standard InChI is InChI=1S/C66H49NO/c1-65(2)59-22-11-8-17-51(59)53-36-29-45(39-61(53)65)44-27-33-48(34-28-44)67(47-31-25-43(26-32-47)42-15-6-5-7-16-42)49-35-38-50(46-30-37-54-52-18-9-12-23-60(52)66(3,4)62(54)40-46)58(41-49)57-21-14-20-56-55-19-10-13-24-63(55)68-64(56)57/h5-41H,1-4H3. The first-order valence-corrected chi connectivity index (χ1v) is 23.8. The molecule has 324 valence electrons. The van der Waals surface area contributed by atoms with Crippen LogP contribution in [0.5, 0.6) is 0 Å². The molecular weight excluding hydrogens is 823 g/mol. The summed E-state index contributed by atoms with van der Waals surface area (Å²) < 4.78 is 6.80. The molecule has 0 saturated heterocycles. The maximum Gasteiger partial charge on any atom is 0.143 e. The lowest BCUT2D eigenvalue weighted by Crippen LogP contribution is -2.15. The second-order valence-corrected chi connectivity index (χ2v) is 19.7.